The SMILES string of the molecule is O=C(C1CCCN(c2ccc3nc(C4(n5cc(F)cn5)CC4)[nH]c3n2)C1)N1CCCC1. The second-order valence-corrected chi connectivity index (χ2v) is 9.07. The first-order chi connectivity index (χ1) is 15.1. The Morgan fingerprint density at radius 2 is 1.97 bits per heavy atom. The molecule has 9 heteroatoms. The highest BCUT2D eigenvalue weighted by molar-refractivity contribution is 5.80. The Labute approximate surface area is 179 Å². The van der Waals surface area contributed by atoms with E-state index in [1.54, 1.807) is 4.68 Å². The third-order valence-electron chi connectivity index (χ3n) is 6.99. The van der Waals surface area contributed by atoms with Crippen LogP contribution in [-0.4, -0.2) is 61.7 Å². The van der Waals surface area contributed by atoms with Crippen molar-refractivity contribution in [2.45, 2.75) is 44.1 Å². The van der Waals surface area contributed by atoms with Gasteiger partial charge in [-0.3, -0.25) is 9.48 Å². The predicted octanol–water partition coefficient (Wildman–Crippen LogP) is 2.67. The fourth-order valence-electron chi connectivity index (χ4n) is 5.09. The molecule has 0 spiro atoms. The molecular formula is C22H26FN7O. The van der Waals surface area contributed by atoms with Crippen LogP contribution in [0.25, 0.3) is 11.2 Å². The van der Waals surface area contributed by atoms with E-state index in [2.05, 4.69) is 15.0 Å². The summed E-state index contributed by atoms with van der Waals surface area (Å²) in [5, 5.41) is 4.16. The number of carbonyl (C=O) groups excluding carboxylic acids is 1. The molecule has 31 heavy (non-hydrogen) atoms. The quantitative estimate of drug-likeness (QED) is 0.698. The van der Waals surface area contributed by atoms with Gasteiger partial charge in [0.2, 0.25) is 5.91 Å². The maximum Gasteiger partial charge on any atom is 0.227 e. The molecule has 0 radical (unpaired) electrons. The number of hydrogen-bond donors (Lipinski definition) is 1. The molecule has 3 fully saturated rings. The first-order valence-electron chi connectivity index (χ1n) is 11.2. The highest BCUT2D eigenvalue weighted by Crippen LogP contribution is 2.48. The van der Waals surface area contributed by atoms with Crippen molar-refractivity contribution in [1.82, 2.24) is 29.6 Å². The van der Waals surface area contributed by atoms with Gasteiger partial charge < -0.3 is 14.8 Å². The third-order valence-corrected chi connectivity index (χ3v) is 6.99. The van der Waals surface area contributed by atoms with Crippen LogP contribution in [0.4, 0.5) is 10.2 Å². The van der Waals surface area contributed by atoms with Crippen molar-refractivity contribution >= 4 is 22.9 Å². The van der Waals surface area contributed by atoms with E-state index >= 15 is 0 Å². The van der Waals surface area contributed by atoms with E-state index in [0.29, 0.717) is 12.5 Å². The number of aromatic nitrogens is 5. The van der Waals surface area contributed by atoms with Crippen LogP contribution in [0.5, 0.6) is 0 Å². The standard InChI is InChI=1S/C22H26FN7O/c23-16-12-24-30(14-16)22(7-8-22)21-25-17-5-6-18(26-19(17)27-21)29-11-3-4-15(13-29)20(31)28-9-1-2-10-28/h5-6,12,14-15H,1-4,7-11,13H2,(H,25,26,27). The van der Waals surface area contributed by atoms with Gasteiger partial charge in [0.05, 0.1) is 18.3 Å². The Balaban J connectivity index is 1.24. The topological polar surface area (TPSA) is 82.9 Å². The number of halogens is 1. The van der Waals surface area contributed by atoms with E-state index < -0.39 is 5.54 Å². The van der Waals surface area contributed by atoms with Gasteiger partial charge in [-0.1, -0.05) is 0 Å². The maximum absolute atomic E-state index is 13.5. The molecule has 2 saturated heterocycles. The summed E-state index contributed by atoms with van der Waals surface area (Å²) in [6.07, 6.45) is 8.57. The van der Waals surface area contributed by atoms with Gasteiger partial charge in [0.15, 0.2) is 11.5 Å². The number of nitrogens with zero attached hydrogens (tertiary/aromatic N) is 6. The van der Waals surface area contributed by atoms with E-state index in [1.165, 1.54) is 12.4 Å². The van der Waals surface area contributed by atoms with Crippen molar-refractivity contribution in [2.24, 2.45) is 5.92 Å². The highest BCUT2D eigenvalue weighted by atomic mass is 19.1. The van der Waals surface area contributed by atoms with E-state index in [0.717, 1.165) is 81.0 Å². The summed E-state index contributed by atoms with van der Waals surface area (Å²) >= 11 is 0. The van der Waals surface area contributed by atoms with Gasteiger partial charge in [-0.15, -0.1) is 0 Å². The number of pyridine rings is 1. The Hall–Kier alpha value is -2.97. The Morgan fingerprint density at radius 1 is 1.13 bits per heavy atom. The molecule has 3 aromatic rings. The lowest BCUT2D eigenvalue weighted by Crippen LogP contribution is -2.44. The van der Waals surface area contributed by atoms with Gasteiger partial charge in [-0.25, -0.2) is 14.4 Å². The molecule has 0 bridgehead atoms. The first-order valence-corrected chi connectivity index (χ1v) is 11.2. The molecule has 162 valence electrons. The molecule has 6 rings (SSSR count). The Bertz CT molecular complexity index is 1130. The van der Waals surface area contributed by atoms with Crippen molar-refractivity contribution in [3.05, 3.63) is 36.2 Å². The Kier molecular flexibility index (Phi) is 4.26. The fraction of sp³-hybridized carbons (Fsp3) is 0.545. The fourth-order valence-corrected chi connectivity index (χ4v) is 5.09. The maximum atomic E-state index is 13.5. The van der Waals surface area contributed by atoms with E-state index in [4.69, 9.17) is 9.97 Å². The van der Waals surface area contributed by atoms with E-state index in [1.807, 2.05) is 17.0 Å². The van der Waals surface area contributed by atoms with Crippen molar-refractivity contribution in [3.8, 4) is 0 Å². The van der Waals surface area contributed by atoms with Gasteiger partial charge in [-0.2, -0.15) is 5.10 Å². The summed E-state index contributed by atoms with van der Waals surface area (Å²) in [4.78, 5) is 30.0. The number of amides is 1. The van der Waals surface area contributed by atoms with Gasteiger partial charge in [-0.05, 0) is 50.7 Å². The molecule has 1 aliphatic carbocycles. The van der Waals surface area contributed by atoms with Gasteiger partial charge in [0, 0.05) is 26.2 Å². The van der Waals surface area contributed by atoms with Crippen LogP contribution in [0.15, 0.2) is 24.5 Å². The average molecular weight is 423 g/mol. The van der Waals surface area contributed by atoms with Crippen molar-refractivity contribution in [2.75, 3.05) is 31.1 Å². The second kappa shape index (κ2) is 7.03. The minimum atomic E-state index is -0.399. The average Bonchev–Trinajstić information content (AvgIpc) is 3.18. The zero-order valence-electron chi connectivity index (χ0n) is 17.4. The number of likely N-dealkylation sites (tertiary alicyclic amines) is 1. The molecule has 1 N–H and O–H groups in total. The molecule has 1 atom stereocenters. The summed E-state index contributed by atoms with van der Waals surface area (Å²) < 4.78 is 15.2. The lowest BCUT2D eigenvalue weighted by molar-refractivity contribution is -0.134. The van der Waals surface area contributed by atoms with Gasteiger partial charge in [0.25, 0.3) is 0 Å². The second-order valence-electron chi connectivity index (χ2n) is 9.07. The predicted molar refractivity (Wildman–Crippen MR) is 113 cm³/mol. The number of aromatic amines is 1. The van der Waals surface area contributed by atoms with E-state index in [9.17, 15) is 9.18 Å². The van der Waals surface area contributed by atoms with Crippen LogP contribution in [0, 0.1) is 11.7 Å². The molecule has 1 amide bonds. The molecule has 1 unspecified atom stereocenters. The molecule has 3 aromatic heterocycles. The number of rotatable bonds is 4. The lowest BCUT2D eigenvalue weighted by Gasteiger charge is -2.34. The summed E-state index contributed by atoms with van der Waals surface area (Å²) in [5.74, 6) is 1.65. The van der Waals surface area contributed by atoms with Crippen LogP contribution in [-0.2, 0) is 10.3 Å². The van der Waals surface area contributed by atoms with Crippen molar-refractivity contribution in [1.29, 1.82) is 0 Å². The number of H-pyrrole nitrogens is 1. The molecular weight excluding hydrogens is 397 g/mol. The highest BCUT2D eigenvalue weighted by Gasteiger charge is 2.50. The van der Waals surface area contributed by atoms with Gasteiger partial charge >= 0.3 is 0 Å². The van der Waals surface area contributed by atoms with Gasteiger partial charge in [0.1, 0.15) is 22.7 Å². The normalized spacial score (nSPS) is 22.9. The van der Waals surface area contributed by atoms with Crippen LogP contribution < -0.4 is 4.90 Å². The zero-order valence-corrected chi connectivity index (χ0v) is 17.4. The number of fused-ring (bicyclic) bond motifs is 1. The number of hydrogen-bond acceptors (Lipinski definition) is 5. The van der Waals surface area contributed by atoms with Crippen LogP contribution >= 0.6 is 0 Å². The largest absolute Gasteiger partial charge is 0.356 e. The number of nitrogens with one attached hydrogen (secondary N) is 1. The minimum Gasteiger partial charge on any atom is -0.356 e. The summed E-state index contributed by atoms with van der Waals surface area (Å²) in [7, 11) is 0. The summed E-state index contributed by atoms with van der Waals surface area (Å²) in [5.41, 5.74) is 1.11. The monoisotopic (exact) mass is 423 g/mol. The summed E-state index contributed by atoms with van der Waals surface area (Å²) in [6, 6.07) is 3.96. The number of piperidine rings is 1. The first kappa shape index (κ1) is 18.8. The molecule has 5 heterocycles. The third kappa shape index (κ3) is 3.18. The summed E-state index contributed by atoms with van der Waals surface area (Å²) in [6.45, 7) is 3.42. The number of anilines is 1. The van der Waals surface area contributed by atoms with Crippen LogP contribution in [0.1, 0.15) is 44.3 Å². The van der Waals surface area contributed by atoms with Crippen LogP contribution in [0.2, 0.25) is 0 Å². The molecule has 1 saturated carbocycles. The zero-order chi connectivity index (χ0) is 21.0. The molecule has 3 aliphatic rings. The number of carbonyl (C=O) groups is 1. The van der Waals surface area contributed by atoms with Crippen molar-refractivity contribution < 1.29 is 9.18 Å². The molecule has 0 aromatic carbocycles. The van der Waals surface area contributed by atoms with E-state index in [-0.39, 0.29) is 11.7 Å². The number of imidazole rings is 1. The smallest absolute Gasteiger partial charge is 0.227 e. The lowest BCUT2D eigenvalue weighted by atomic mass is 9.96. The molecule has 8 nitrogen and oxygen atoms in total. The molecule has 2 aliphatic heterocycles. The van der Waals surface area contributed by atoms with Crippen molar-refractivity contribution in [3.63, 3.8) is 0 Å². The minimum absolute atomic E-state index is 0.0473. The Morgan fingerprint density at radius 3 is 2.71 bits per heavy atom. The van der Waals surface area contributed by atoms with Crippen LogP contribution in [0.3, 0.4) is 0 Å².